The monoisotopic (exact) mass is 863 g/mol. The van der Waals surface area contributed by atoms with Crippen molar-refractivity contribution < 1.29 is 38.5 Å². The van der Waals surface area contributed by atoms with Crippen molar-refractivity contribution in [2.75, 3.05) is 31.2 Å². The summed E-state index contributed by atoms with van der Waals surface area (Å²) >= 11 is 0. The van der Waals surface area contributed by atoms with Crippen LogP contribution in [0.15, 0.2) is 133 Å². The minimum atomic E-state index is -1.00. The number of aliphatic hydroxyl groups is 1. The van der Waals surface area contributed by atoms with Gasteiger partial charge in [0.2, 0.25) is 11.8 Å². The number of amides is 4. The van der Waals surface area contributed by atoms with Crippen molar-refractivity contribution >= 4 is 29.5 Å². The minimum absolute atomic E-state index is 0.0201. The first-order valence-corrected chi connectivity index (χ1v) is 22.0. The average Bonchev–Trinajstić information content (AvgIpc) is 3.79. The molecule has 9 rings (SSSR count). The average molecular weight is 864 g/mol. The van der Waals surface area contributed by atoms with E-state index in [2.05, 4.69) is 45.6 Å². The van der Waals surface area contributed by atoms with Gasteiger partial charge in [0.05, 0.1) is 38.4 Å². The molecule has 3 N–H and O–H groups in total. The van der Waals surface area contributed by atoms with E-state index in [1.165, 1.54) is 4.90 Å². The Labute approximate surface area is 372 Å². The molecule has 5 atom stereocenters. The number of piperidine rings is 1. The van der Waals surface area contributed by atoms with E-state index in [1.54, 1.807) is 0 Å². The Morgan fingerprint density at radius 1 is 0.797 bits per heavy atom. The topological polar surface area (TPSA) is 150 Å². The molecule has 4 aliphatic rings. The molecule has 64 heavy (non-hydrogen) atoms. The number of para-hydroxylation sites is 1. The van der Waals surface area contributed by atoms with Crippen LogP contribution < -0.4 is 15.5 Å². The lowest BCUT2D eigenvalue weighted by Crippen LogP contribution is -2.57. The number of likely N-dealkylation sites (tertiary alicyclic amines) is 2. The zero-order chi connectivity index (χ0) is 44.2. The van der Waals surface area contributed by atoms with Crippen LogP contribution >= 0.6 is 0 Å². The summed E-state index contributed by atoms with van der Waals surface area (Å²) in [4.78, 5) is 58.1. The predicted molar refractivity (Wildman–Crippen MR) is 239 cm³/mol. The first kappa shape index (κ1) is 42.9. The van der Waals surface area contributed by atoms with E-state index in [0.29, 0.717) is 26.1 Å². The van der Waals surface area contributed by atoms with Gasteiger partial charge in [-0.25, -0.2) is 4.79 Å². The molecule has 5 aromatic carbocycles. The Balaban J connectivity index is 0.890. The van der Waals surface area contributed by atoms with Crippen LogP contribution in [0.25, 0.3) is 11.1 Å². The highest BCUT2D eigenvalue weighted by molar-refractivity contribution is 6.06. The molecule has 4 heterocycles. The maximum atomic E-state index is 13.4. The number of nitrogens with one attached hydrogen (secondary N) is 2. The normalized spacial score (nSPS) is 23.3. The molecule has 0 bridgehead atoms. The van der Waals surface area contributed by atoms with E-state index in [4.69, 9.17) is 14.2 Å². The molecule has 13 heteroatoms. The number of alkyl carbamates (subject to hydrolysis) is 1. The second-order valence-electron chi connectivity index (χ2n) is 17.2. The molecule has 330 valence electrons. The fourth-order valence-corrected chi connectivity index (χ4v) is 9.49. The fourth-order valence-electron chi connectivity index (χ4n) is 9.49. The molecule has 4 amide bonds. The van der Waals surface area contributed by atoms with Crippen molar-refractivity contribution in [1.29, 1.82) is 0 Å². The number of hydrogen-bond donors (Lipinski definition) is 3. The van der Waals surface area contributed by atoms with E-state index in [9.17, 15) is 24.3 Å². The zero-order valence-electron chi connectivity index (χ0n) is 35.8. The highest BCUT2D eigenvalue weighted by Gasteiger charge is 2.51. The number of aliphatic hydroxyl groups excluding tert-OH is 1. The Hall–Kier alpha value is -6.38. The predicted octanol–water partition coefficient (Wildman–Crippen LogP) is 6.62. The molecule has 4 aliphatic heterocycles. The molecular weight excluding hydrogens is 811 g/mol. The van der Waals surface area contributed by atoms with Crippen LogP contribution in [-0.4, -0.2) is 82.7 Å². The molecule has 1 spiro atoms. The van der Waals surface area contributed by atoms with Gasteiger partial charge in [-0.05, 0) is 70.5 Å². The van der Waals surface area contributed by atoms with Crippen molar-refractivity contribution in [1.82, 2.24) is 20.4 Å². The lowest BCUT2D eigenvalue weighted by molar-refractivity contribution is -0.276. The van der Waals surface area contributed by atoms with Crippen LogP contribution in [0.1, 0.15) is 66.4 Å². The molecule has 13 nitrogen and oxygen atoms in total. The number of carbonyl (C=O) groups excluding carboxylic acids is 4. The van der Waals surface area contributed by atoms with Crippen LogP contribution in [0.4, 0.5) is 10.5 Å². The Kier molecular flexibility index (Phi) is 12.6. The summed E-state index contributed by atoms with van der Waals surface area (Å²) < 4.78 is 19.0. The van der Waals surface area contributed by atoms with Crippen LogP contribution in [0, 0.1) is 5.92 Å². The van der Waals surface area contributed by atoms with Gasteiger partial charge >= 0.3 is 6.09 Å². The number of imide groups is 1. The number of ether oxygens (including phenoxy) is 3. The van der Waals surface area contributed by atoms with Gasteiger partial charge in [-0.15, -0.1) is 0 Å². The third-order valence-electron chi connectivity index (χ3n) is 13.2. The standard InChI is InChI=1S/C51H53N5O8/c1-34-44(30-54-24-22-51(23-25-54)49(60)52-33-56(51)42-16-6-3-7-17-42)63-48(64-46(34)38-20-18-35(31-57)19-21-38)41-15-9-14-40(27-41)39-13-8-12-37(26-39)29-55-45(58)28-43(47(55)59)53-50(61)62-32-36-10-4-2-5-11-36/h2-21,26-27,34,43-44,46,48,57H,22-25,28-33H2,1H3,(H,52,60)(H,53,61). The highest BCUT2D eigenvalue weighted by Crippen LogP contribution is 2.43. The van der Waals surface area contributed by atoms with Gasteiger partial charge in [0, 0.05) is 36.8 Å². The zero-order valence-corrected chi connectivity index (χ0v) is 35.8. The summed E-state index contributed by atoms with van der Waals surface area (Å²) in [6.07, 6.45) is -0.700. The van der Waals surface area contributed by atoms with Crippen LogP contribution in [0.5, 0.6) is 0 Å². The molecule has 4 fully saturated rings. The Bertz CT molecular complexity index is 2460. The summed E-state index contributed by atoms with van der Waals surface area (Å²) in [5.41, 5.74) is 6.48. The third kappa shape index (κ3) is 9.02. The number of carbonyl (C=O) groups is 4. The molecule has 0 radical (unpaired) electrons. The minimum Gasteiger partial charge on any atom is -0.445 e. The highest BCUT2D eigenvalue weighted by atomic mass is 16.7. The van der Waals surface area contributed by atoms with Crippen molar-refractivity contribution in [2.24, 2.45) is 5.92 Å². The third-order valence-corrected chi connectivity index (χ3v) is 13.2. The van der Waals surface area contributed by atoms with Gasteiger partial charge < -0.3 is 39.8 Å². The quantitative estimate of drug-likeness (QED) is 0.117. The number of anilines is 1. The van der Waals surface area contributed by atoms with Gasteiger partial charge in [0.25, 0.3) is 5.91 Å². The lowest BCUT2D eigenvalue weighted by Gasteiger charge is -2.46. The van der Waals surface area contributed by atoms with Crippen molar-refractivity contribution in [2.45, 2.75) is 76.0 Å². The Morgan fingerprint density at radius 3 is 2.22 bits per heavy atom. The van der Waals surface area contributed by atoms with Gasteiger partial charge in [-0.3, -0.25) is 19.3 Å². The van der Waals surface area contributed by atoms with E-state index in [-0.39, 0.29) is 56.1 Å². The summed E-state index contributed by atoms with van der Waals surface area (Å²) in [5.74, 6) is -0.786. The summed E-state index contributed by atoms with van der Waals surface area (Å²) in [5, 5.41) is 15.4. The first-order chi connectivity index (χ1) is 31.2. The largest absolute Gasteiger partial charge is 0.445 e. The van der Waals surface area contributed by atoms with Gasteiger partial charge in [0.15, 0.2) is 6.29 Å². The molecule has 0 aliphatic carbocycles. The molecule has 0 saturated carbocycles. The number of benzene rings is 5. The lowest BCUT2D eigenvalue weighted by atomic mass is 9.84. The van der Waals surface area contributed by atoms with Gasteiger partial charge in [0.1, 0.15) is 18.2 Å². The van der Waals surface area contributed by atoms with Crippen LogP contribution in [0.2, 0.25) is 0 Å². The molecule has 4 saturated heterocycles. The molecular formula is C51H53N5O8. The summed E-state index contributed by atoms with van der Waals surface area (Å²) in [6, 6.07) is 42.0. The number of nitrogens with zero attached hydrogens (tertiary/aromatic N) is 3. The van der Waals surface area contributed by atoms with Crippen molar-refractivity contribution in [3.8, 4) is 11.1 Å². The number of rotatable bonds is 12. The van der Waals surface area contributed by atoms with Crippen molar-refractivity contribution in [3.05, 3.63) is 161 Å². The first-order valence-electron chi connectivity index (χ1n) is 22.0. The van der Waals surface area contributed by atoms with E-state index in [0.717, 1.165) is 57.7 Å². The Morgan fingerprint density at radius 2 is 1.48 bits per heavy atom. The molecule has 5 unspecified atom stereocenters. The second kappa shape index (κ2) is 18.8. The van der Waals surface area contributed by atoms with E-state index < -0.39 is 29.9 Å². The SMILES string of the molecule is CC1C(CN2CCC3(CC2)C(=O)NCN3c2ccccc2)OC(c2cccc(-c3cccc(CN4C(=O)CC(NC(=O)OCc5ccccc5)C4=O)c3)c2)OC1c1ccc(CO)cc1. The molecule has 0 aromatic heterocycles. The number of hydrogen-bond acceptors (Lipinski definition) is 10. The maximum absolute atomic E-state index is 13.4. The molecule has 5 aromatic rings. The van der Waals surface area contributed by atoms with Crippen molar-refractivity contribution in [3.63, 3.8) is 0 Å². The van der Waals surface area contributed by atoms with E-state index >= 15 is 0 Å². The smallest absolute Gasteiger partial charge is 0.408 e. The fraction of sp³-hybridized carbons (Fsp3) is 0.333. The second-order valence-corrected chi connectivity index (χ2v) is 17.2. The van der Waals surface area contributed by atoms with E-state index in [1.807, 2.05) is 115 Å². The van der Waals surface area contributed by atoms with Crippen LogP contribution in [0.3, 0.4) is 0 Å². The van der Waals surface area contributed by atoms with Gasteiger partial charge in [-0.1, -0.05) is 116 Å². The van der Waals surface area contributed by atoms with Gasteiger partial charge in [-0.2, -0.15) is 0 Å². The van der Waals surface area contributed by atoms with Crippen LogP contribution in [-0.2, 0) is 48.4 Å². The maximum Gasteiger partial charge on any atom is 0.408 e. The summed E-state index contributed by atoms with van der Waals surface area (Å²) in [6.45, 7) is 4.86. The summed E-state index contributed by atoms with van der Waals surface area (Å²) in [7, 11) is 0.